The van der Waals surface area contributed by atoms with E-state index in [-0.39, 0.29) is 38.9 Å². The highest BCUT2D eigenvalue weighted by molar-refractivity contribution is 6.02. The zero-order valence-electron chi connectivity index (χ0n) is 19.7. The van der Waals surface area contributed by atoms with Crippen molar-refractivity contribution in [3.63, 3.8) is 0 Å². The molecule has 196 valence electrons. The first-order chi connectivity index (χ1) is 17.8. The SMILES string of the molecule is COC(=O)c1cc2c(C#Cc3ccc(OC(F)(F)F)cc3)c(-c3ccccc3C(F)(F)F)n(C)c2cc1O. The van der Waals surface area contributed by atoms with E-state index in [1.165, 1.54) is 54.1 Å². The number of carbonyl (C=O) groups is 1. The molecule has 1 N–H and O–H groups in total. The maximum atomic E-state index is 13.9. The van der Waals surface area contributed by atoms with Gasteiger partial charge < -0.3 is 19.1 Å². The molecule has 0 spiro atoms. The zero-order valence-corrected chi connectivity index (χ0v) is 19.7. The second-order valence-corrected chi connectivity index (χ2v) is 8.03. The molecule has 0 atom stereocenters. The smallest absolute Gasteiger partial charge is 0.507 e. The summed E-state index contributed by atoms with van der Waals surface area (Å²) >= 11 is 0. The minimum Gasteiger partial charge on any atom is -0.507 e. The first-order valence-electron chi connectivity index (χ1n) is 10.8. The summed E-state index contributed by atoms with van der Waals surface area (Å²) in [6, 6.07) is 12.0. The Hall–Kier alpha value is -4.59. The Morgan fingerprint density at radius 3 is 2.21 bits per heavy atom. The van der Waals surface area contributed by atoms with Crippen LogP contribution in [0.1, 0.15) is 27.0 Å². The molecule has 0 radical (unpaired) electrons. The van der Waals surface area contributed by atoms with Crippen LogP contribution in [0.25, 0.3) is 22.2 Å². The number of nitrogens with zero attached hydrogens (tertiary/aromatic N) is 1. The van der Waals surface area contributed by atoms with Crippen LogP contribution in [-0.4, -0.2) is 29.1 Å². The van der Waals surface area contributed by atoms with E-state index in [4.69, 9.17) is 0 Å². The molecule has 38 heavy (non-hydrogen) atoms. The van der Waals surface area contributed by atoms with E-state index in [1.54, 1.807) is 0 Å². The number of methoxy groups -OCH3 is 1. The Balaban J connectivity index is 1.97. The summed E-state index contributed by atoms with van der Waals surface area (Å²) < 4.78 is 89.0. The number of halogens is 6. The predicted molar refractivity (Wildman–Crippen MR) is 125 cm³/mol. The van der Waals surface area contributed by atoms with Gasteiger partial charge in [-0.25, -0.2) is 4.79 Å². The third kappa shape index (κ3) is 5.25. The molecule has 0 aliphatic rings. The van der Waals surface area contributed by atoms with Crippen LogP contribution in [0.4, 0.5) is 26.3 Å². The lowest BCUT2D eigenvalue weighted by molar-refractivity contribution is -0.274. The number of rotatable bonds is 3. The number of fused-ring (bicyclic) bond motifs is 1. The molecule has 0 fully saturated rings. The Kier molecular flexibility index (Phi) is 6.76. The topological polar surface area (TPSA) is 60.7 Å². The van der Waals surface area contributed by atoms with Gasteiger partial charge in [-0.2, -0.15) is 13.2 Å². The predicted octanol–water partition coefficient (Wildman–Crippen LogP) is 6.65. The van der Waals surface area contributed by atoms with E-state index in [0.29, 0.717) is 0 Å². The van der Waals surface area contributed by atoms with Gasteiger partial charge in [-0.15, -0.1) is 13.2 Å². The summed E-state index contributed by atoms with van der Waals surface area (Å²) in [6.07, 6.45) is -9.58. The number of benzene rings is 3. The van der Waals surface area contributed by atoms with Crippen LogP contribution in [0.3, 0.4) is 0 Å². The summed E-state index contributed by atoms with van der Waals surface area (Å²) in [5.74, 6) is 3.77. The second-order valence-electron chi connectivity index (χ2n) is 8.03. The number of hydrogen-bond acceptors (Lipinski definition) is 4. The monoisotopic (exact) mass is 533 g/mol. The molecule has 1 heterocycles. The van der Waals surface area contributed by atoms with E-state index >= 15 is 0 Å². The van der Waals surface area contributed by atoms with Crippen molar-refractivity contribution in [1.29, 1.82) is 0 Å². The molecule has 1 aromatic heterocycles. The van der Waals surface area contributed by atoms with E-state index in [1.807, 2.05) is 0 Å². The molecular formula is C27H17F6NO4. The van der Waals surface area contributed by atoms with E-state index in [0.717, 1.165) is 25.3 Å². The van der Waals surface area contributed by atoms with Gasteiger partial charge in [-0.1, -0.05) is 30.0 Å². The molecule has 0 aliphatic heterocycles. The first-order valence-corrected chi connectivity index (χ1v) is 10.8. The second kappa shape index (κ2) is 9.70. The Labute approximate surface area is 211 Å². The van der Waals surface area contributed by atoms with Crippen LogP contribution < -0.4 is 4.74 Å². The zero-order chi connectivity index (χ0) is 27.8. The number of hydrogen-bond donors (Lipinski definition) is 1. The maximum absolute atomic E-state index is 13.9. The van der Waals surface area contributed by atoms with Crippen molar-refractivity contribution in [2.45, 2.75) is 12.5 Å². The Morgan fingerprint density at radius 2 is 1.61 bits per heavy atom. The Bertz CT molecular complexity index is 1590. The van der Waals surface area contributed by atoms with Gasteiger partial charge in [-0.05, 0) is 36.4 Å². The third-order valence-electron chi connectivity index (χ3n) is 5.63. The van der Waals surface area contributed by atoms with Gasteiger partial charge >= 0.3 is 18.5 Å². The highest BCUT2D eigenvalue weighted by atomic mass is 19.4. The maximum Gasteiger partial charge on any atom is 0.573 e. The van der Waals surface area contributed by atoms with E-state index < -0.39 is 35.6 Å². The molecule has 0 aliphatic carbocycles. The van der Waals surface area contributed by atoms with Gasteiger partial charge in [-0.3, -0.25) is 0 Å². The van der Waals surface area contributed by atoms with Crippen molar-refractivity contribution in [2.24, 2.45) is 7.05 Å². The molecule has 0 bridgehead atoms. The fraction of sp³-hybridized carbons (Fsp3) is 0.148. The van der Waals surface area contributed by atoms with Crippen LogP contribution >= 0.6 is 0 Å². The molecule has 4 rings (SSSR count). The van der Waals surface area contributed by atoms with Crippen LogP contribution in [0, 0.1) is 11.8 Å². The van der Waals surface area contributed by atoms with Gasteiger partial charge in [0.25, 0.3) is 0 Å². The molecule has 0 saturated carbocycles. The number of carbonyl (C=O) groups excluding carboxylic acids is 1. The van der Waals surface area contributed by atoms with Gasteiger partial charge in [0.2, 0.25) is 0 Å². The minimum absolute atomic E-state index is 0.0545. The lowest BCUT2D eigenvalue weighted by Gasteiger charge is -2.14. The van der Waals surface area contributed by atoms with Crippen molar-refractivity contribution >= 4 is 16.9 Å². The average Bonchev–Trinajstić information content (AvgIpc) is 3.11. The molecule has 4 aromatic rings. The van der Waals surface area contributed by atoms with Crippen LogP contribution in [0.5, 0.6) is 11.5 Å². The molecular weight excluding hydrogens is 516 g/mol. The molecule has 0 saturated heterocycles. The number of ether oxygens (including phenoxy) is 2. The van der Waals surface area contributed by atoms with Crippen LogP contribution in [-0.2, 0) is 18.0 Å². The quantitative estimate of drug-likeness (QED) is 0.182. The first kappa shape index (κ1) is 26.5. The Morgan fingerprint density at radius 1 is 0.947 bits per heavy atom. The number of aromatic nitrogens is 1. The van der Waals surface area contributed by atoms with E-state index in [9.17, 15) is 36.2 Å². The van der Waals surface area contributed by atoms with Gasteiger partial charge in [0.1, 0.15) is 17.1 Å². The molecule has 11 heteroatoms. The number of phenols is 1. The molecule has 5 nitrogen and oxygen atoms in total. The molecule has 0 amide bonds. The van der Waals surface area contributed by atoms with Crippen LogP contribution in [0.15, 0.2) is 60.7 Å². The number of phenolic OH excluding ortho intramolecular Hbond substituents is 1. The number of esters is 1. The summed E-state index contributed by atoms with van der Waals surface area (Å²) in [6.45, 7) is 0. The van der Waals surface area contributed by atoms with Crippen molar-refractivity contribution < 1.29 is 45.7 Å². The summed E-state index contributed by atoms with van der Waals surface area (Å²) in [4.78, 5) is 12.2. The highest BCUT2D eigenvalue weighted by Gasteiger charge is 2.35. The van der Waals surface area contributed by atoms with Crippen LogP contribution in [0.2, 0.25) is 0 Å². The molecule has 3 aromatic carbocycles. The molecule has 0 unspecified atom stereocenters. The normalized spacial score (nSPS) is 11.7. The standard InChI is InChI=1S/C27H17F6NO4/c1-34-22-14-23(35)20(25(36)37-2)13-19(22)17(24(34)18-5-3-4-6-21(18)26(28,29)30)12-9-15-7-10-16(11-8-15)38-27(31,32)33/h3-8,10-11,13-14,35H,1-2H3. The van der Waals surface area contributed by atoms with Crippen molar-refractivity contribution in [1.82, 2.24) is 4.57 Å². The van der Waals surface area contributed by atoms with Gasteiger partial charge in [0.15, 0.2) is 0 Å². The van der Waals surface area contributed by atoms with E-state index in [2.05, 4.69) is 21.3 Å². The lowest BCUT2D eigenvalue weighted by atomic mass is 9.99. The summed E-state index contributed by atoms with van der Waals surface area (Å²) in [7, 11) is 2.59. The minimum atomic E-state index is -4.88. The highest BCUT2D eigenvalue weighted by Crippen LogP contribution is 2.42. The van der Waals surface area contributed by atoms with Gasteiger partial charge in [0.05, 0.1) is 29.4 Å². The van der Waals surface area contributed by atoms with Gasteiger partial charge in [0, 0.05) is 29.6 Å². The number of alkyl halides is 6. The van der Waals surface area contributed by atoms with Crippen molar-refractivity contribution in [2.75, 3.05) is 7.11 Å². The number of aromatic hydroxyl groups is 1. The number of aryl methyl sites for hydroxylation is 1. The van der Waals surface area contributed by atoms with Crippen molar-refractivity contribution in [3.8, 4) is 34.6 Å². The fourth-order valence-corrected chi connectivity index (χ4v) is 4.00. The third-order valence-corrected chi connectivity index (χ3v) is 5.63. The average molecular weight is 533 g/mol. The summed E-state index contributed by atoms with van der Waals surface area (Å²) in [5, 5.41) is 10.6. The summed E-state index contributed by atoms with van der Waals surface area (Å²) in [5.41, 5.74) is -0.674. The lowest BCUT2D eigenvalue weighted by Crippen LogP contribution is -2.16. The fourth-order valence-electron chi connectivity index (χ4n) is 4.00. The van der Waals surface area contributed by atoms with Crippen molar-refractivity contribution in [3.05, 3.63) is 82.9 Å². The largest absolute Gasteiger partial charge is 0.573 e.